The van der Waals surface area contributed by atoms with Crippen molar-refractivity contribution < 1.29 is 4.74 Å². The van der Waals surface area contributed by atoms with Gasteiger partial charge in [-0.15, -0.1) is 5.10 Å². The molecule has 0 aliphatic carbocycles. The van der Waals surface area contributed by atoms with Gasteiger partial charge in [0.05, 0.1) is 11.2 Å². The van der Waals surface area contributed by atoms with E-state index in [1.807, 2.05) is 18.2 Å². The zero-order chi connectivity index (χ0) is 22.2. The van der Waals surface area contributed by atoms with Gasteiger partial charge in [0.2, 0.25) is 5.95 Å². The minimum Gasteiger partial charge on any atom is -0.492 e. The number of aromatic nitrogens is 5. The molecule has 0 unspecified atom stereocenters. The van der Waals surface area contributed by atoms with Crippen LogP contribution in [0.4, 0.5) is 5.95 Å². The van der Waals surface area contributed by atoms with E-state index in [0.29, 0.717) is 5.82 Å². The Morgan fingerprint density at radius 1 is 0.879 bits per heavy atom. The number of ether oxygens (including phenoxy) is 1. The molecular weight excluding hydrogens is 414 g/mol. The number of fused-ring (bicyclic) bond motifs is 2. The summed E-state index contributed by atoms with van der Waals surface area (Å²) in [6.45, 7) is 4.10. The van der Waals surface area contributed by atoms with Gasteiger partial charge in [0.1, 0.15) is 12.4 Å². The number of anilines is 1. The molecule has 5 aromatic rings. The Kier molecular flexibility index (Phi) is 4.92. The number of H-pyrrole nitrogens is 2. The minimum absolute atomic E-state index is 0.228. The summed E-state index contributed by atoms with van der Waals surface area (Å²) in [5.41, 5.74) is 9.48. The highest BCUT2D eigenvalue weighted by Gasteiger charge is 2.13. The number of aromatic amines is 2. The van der Waals surface area contributed by atoms with E-state index in [0.717, 1.165) is 57.4 Å². The third kappa shape index (κ3) is 3.89. The lowest BCUT2D eigenvalue weighted by Gasteiger charge is -2.15. The van der Waals surface area contributed by atoms with Crippen LogP contribution in [0.1, 0.15) is 12.8 Å². The van der Waals surface area contributed by atoms with Crippen LogP contribution in [0.5, 0.6) is 5.75 Å². The molecule has 0 bridgehead atoms. The maximum absolute atomic E-state index is 6.01. The van der Waals surface area contributed by atoms with E-state index < -0.39 is 0 Å². The predicted octanol–water partition coefficient (Wildman–Crippen LogP) is 4.23. The van der Waals surface area contributed by atoms with Crippen molar-refractivity contribution in [2.24, 2.45) is 0 Å². The van der Waals surface area contributed by atoms with Crippen molar-refractivity contribution in [3.63, 3.8) is 0 Å². The summed E-state index contributed by atoms with van der Waals surface area (Å²) in [4.78, 5) is 6.70. The van der Waals surface area contributed by atoms with E-state index in [1.54, 1.807) is 0 Å². The third-order valence-electron chi connectivity index (χ3n) is 6.30. The largest absolute Gasteiger partial charge is 0.492 e. The molecule has 8 nitrogen and oxygen atoms in total. The predicted molar refractivity (Wildman–Crippen MR) is 130 cm³/mol. The monoisotopic (exact) mass is 439 g/mol. The van der Waals surface area contributed by atoms with Gasteiger partial charge in [-0.3, -0.25) is 15.1 Å². The maximum atomic E-state index is 6.01. The first-order valence-corrected chi connectivity index (χ1v) is 11.3. The number of nitrogens with zero attached hydrogens (tertiary/aromatic N) is 4. The summed E-state index contributed by atoms with van der Waals surface area (Å²) in [7, 11) is 0. The van der Waals surface area contributed by atoms with E-state index in [1.165, 1.54) is 25.9 Å². The summed E-state index contributed by atoms with van der Waals surface area (Å²) in [5.74, 6) is 1.78. The van der Waals surface area contributed by atoms with Crippen molar-refractivity contribution in [2.75, 3.05) is 32.0 Å². The average molecular weight is 440 g/mol. The lowest BCUT2D eigenvalue weighted by atomic mass is 10.0. The van der Waals surface area contributed by atoms with E-state index in [-0.39, 0.29) is 5.95 Å². The lowest BCUT2D eigenvalue weighted by Crippen LogP contribution is -2.25. The molecular formula is C25H25N7O. The number of nitrogens with two attached hydrogens (primary N) is 1. The molecule has 166 valence electrons. The van der Waals surface area contributed by atoms with E-state index in [4.69, 9.17) is 10.5 Å². The van der Waals surface area contributed by atoms with Crippen LogP contribution in [0.2, 0.25) is 0 Å². The zero-order valence-electron chi connectivity index (χ0n) is 18.2. The van der Waals surface area contributed by atoms with Crippen LogP contribution in [0.3, 0.4) is 0 Å². The number of nitrogens with one attached hydrogen (secondary N) is 2. The van der Waals surface area contributed by atoms with Gasteiger partial charge in [0, 0.05) is 23.1 Å². The summed E-state index contributed by atoms with van der Waals surface area (Å²) in [5, 5.41) is 17.8. The molecule has 1 aliphatic heterocycles. The molecule has 0 radical (unpaired) electrons. The Balaban J connectivity index is 1.26. The van der Waals surface area contributed by atoms with Crippen LogP contribution in [0.15, 0.2) is 54.6 Å². The Hall–Kier alpha value is -3.91. The SMILES string of the molecule is Nc1n[nH]c(-c2ccc3[nH]nc(-c4ccc5cc(OCCN6CCCC6)ccc5c4)c3c2)n1. The fourth-order valence-electron chi connectivity index (χ4n) is 4.54. The zero-order valence-corrected chi connectivity index (χ0v) is 18.2. The summed E-state index contributed by atoms with van der Waals surface area (Å²) in [6, 6.07) is 18.7. The molecule has 3 aromatic carbocycles. The fraction of sp³-hybridized carbons (Fsp3) is 0.240. The van der Waals surface area contributed by atoms with Crippen LogP contribution >= 0.6 is 0 Å². The summed E-state index contributed by atoms with van der Waals surface area (Å²) < 4.78 is 6.01. The van der Waals surface area contributed by atoms with Gasteiger partial charge >= 0.3 is 0 Å². The van der Waals surface area contributed by atoms with Crippen LogP contribution < -0.4 is 10.5 Å². The molecule has 0 amide bonds. The Labute approximate surface area is 190 Å². The van der Waals surface area contributed by atoms with Crippen molar-refractivity contribution in [1.82, 2.24) is 30.3 Å². The number of hydrogen-bond acceptors (Lipinski definition) is 6. The minimum atomic E-state index is 0.228. The highest BCUT2D eigenvalue weighted by Crippen LogP contribution is 2.32. The molecule has 2 aromatic heterocycles. The molecule has 1 saturated heterocycles. The molecule has 0 saturated carbocycles. The van der Waals surface area contributed by atoms with Crippen LogP contribution in [0, 0.1) is 0 Å². The summed E-state index contributed by atoms with van der Waals surface area (Å²) >= 11 is 0. The second-order valence-corrected chi connectivity index (χ2v) is 8.50. The molecule has 33 heavy (non-hydrogen) atoms. The Bertz CT molecular complexity index is 1430. The van der Waals surface area contributed by atoms with E-state index in [2.05, 4.69) is 66.7 Å². The van der Waals surface area contributed by atoms with Gasteiger partial charge in [0.15, 0.2) is 5.82 Å². The smallest absolute Gasteiger partial charge is 0.239 e. The topological polar surface area (TPSA) is 109 Å². The second kappa shape index (κ2) is 8.22. The first kappa shape index (κ1) is 19.8. The molecule has 3 heterocycles. The van der Waals surface area contributed by atoms with Gasteiger partial charge in [-0.25, -0.2) is 0 Å². The highest BCUT2D eigenvalue weighted by atomic mass is 16.5. The lowest BCUT2D eigenvalue weighted by molar-refractivity contribution is 0.238. The van der Waals surface area contributed by atoms with Crippen molar-refractivity contribution >= 4 is 27.6 Å². The summed E-state index contributed by atoms with van der Waals surface area (Å²) in [6.07, 6.45) is 2.61. The second-order valence-electron chi connectivity index (χ2n) is 8.50. The first-order valence-electron chi connectivity index (χ1n) is 11.3. The normalized spacial score (nSPS) is 14.4. The van der Waals surface area contributed by atoms with Crippen molar-refractivity contribution in [3.05, 3.63) is 54.6 Å². The number of nitrogen functional groups attached to an aromatic ring is 1. The van der Waals surface area contributed by atoms with Gasteiger partial charge in [-0.05, 0) is 73.1 Å². The van der Waals surface area contributed by atoms with Crippen LogP contribution in [0.25, 0.3) is 44.3 Å². The van der Waals surface area contributed by atoms with Gasteiger partial charge in [-0.1, -0.05) is 18.2 Å². The molecule has 6 rings (SSSR count). The number of rotatable bonds is 6. The molecule has 0 spiro atoms. The molecule has 4 N–H and O–H groups in total. The van der Waals surface area contributed by atoms with Crippen molar-refractivity contribution in [1.29, 1.82) is 0 Å². The van der Waals surface area contributed by atoms with Crippen molar-refractivity contribution in [2.45, 2.75) is 12.8 Å². The quantitative estimate of drug-likeness (QED) is 0.365. The van der Waals surface area contributed by atoms with Crippen molar-refractivity contribution in [3.8, 4) is 28.4 Å². The van der Waals surface area contributed by atoms with Gasteiger partial charge < -0.3 is 10.5 Å². The number of benzene rings is 3. The number of likely N-dealkylation sites (tertiary alicyclic amines) is 1. The molecule has 8 heteroatoms. The average Bonchev–Trinajstić information content (AvgIpc) is 3.59. The molecule has 1 aliphatic rings. The van der Waals surface area contributed by atoms with Gasteiger partial charge in [-0.2, -0.15) is 10.1 Å². The fourth-order valence-corrected chi connectivity index (χ4v) is 4.54. The molecule has 1 fully saturated rings. The Morgan fingerprint density at radius 2 is 1.70 bits per heavy atom. The maximum Gasteiger partial charge on any atom is 0.239 e. The van der Waals surface area contributed by atoms with Crippen LogP contribution in [-0.4, -0.2) is 56.5 Å². The highest BCUT2D eigenvalue weighted by molar-refractivity contribution is 5.97. The third-order valence-corrected chi connectivity index (χ3v) is 6.30. The first-order chi connectivity index (χ1) is 16.2. The van der Waals surface area contributed by atoms with E-state index >= 15 is 0 Å². The standard InChI is InChI=1S/C25H25N7O/c26-25-27-24(30-31-25)19-6-8-22-21(15-19)23(29-28-22)18-4-3-17-14-20(7-5-16(17)13-18)33-12-11-32-9-1-2-10-32/h3-8,13-15H,1-2,9-12H2,(H,28,29)(H3,26,27,30,31). The Morgan fingerprint density at radius 3 is 2.55 bits per heavy atom. The van der Waals surface area contributed by atoms with E-state index in [9.17, 15) is 0 Å². The van der Waals surface area contributed by atoms with Gasteiger partial charge in [0.25, 0.3) is 0 Å². The number of hydrogen-bond donors (Lipinski definition) is 3. The molecule has 0 atom stereocenters. The van der Waals surface area contributed by atoms with Crippen LogP contribution in [-0.2, 0) is 0 Å².